The van der Waals surface area contributed by atoms with Crippen LogP contribution in [0.25, 0.3) is 0 Å². The molecule has 1 fully saturated rings. The van der Waals surface area contributed by atoms with Gasteiger partial charge in [0.25, 0.3) is 0 Å². The predicted octanol–water partition coefficient (Wildman–Crippen LogP) is 1.56. The summed E-state index contributed by atoms with van der Waals surface area (Å²) in [6.07, 6.45) is 1.74. The minimum atomic E-state index is -0.304. The smallest absolute Gasteiger partial charge is 0.317 e. The lowest BCUT2D eigenvalue weighted by Crippen LogP contribution is -2.43. The molecule has 1 aromatic rings. The largest absolute Gasteiger partial charge is 0.394 e. The van der Waals surface area contributed by atoms with E-state index in [9.17, 15) is 14.3 Å². The number of carbonyl (C=O) groups is 1. The van der Waals surface area contributed by atoms with Crippen molar-refractivity contribution in [1.82, 2.24) is 10.2 Å². The van der Waals surface area contributed by atoms with Gasteiger partial charge in [-0.3, -0.25) is 0 Å². The van der Waals surface area contributed by atoms with Crippen molar-refractivity contribution in [2.24, 2.45) is 0 Å². The predicted molar refractivity (Wildman–Crippen MR) is 79.8 cm³/mol. The Labute approximate surface area is 124 Å². The van der Waals surface area contributed by atoms with Crippen molar-refractivity contribution in [3.63, 3.8) is 0 Å². The van der Waals surface area contributed by atoms with Crippen LogP contribution < -0.4 is 10.2 Å². The van der Waals surface area contributed by atoms with Gasteiger partial charge in [0.1, 0.15) is 5.82 Å². The molecule has 1 aliphatic rings. The second-order valence-corrected chi connectivity index (χ2v) is 5.51. The molecule has 1 aliphatic heterocycles. The van der Waals surface area contributed by atoms with Gasteiger partial charge in [0.05, 0.1) is 18.3 Å². The van der Waals surface area contributed by atoms with Crippen LogP contribution in [0.4, 0.5) is 14.9 Å². The third-order valence-electron chi connectivity index (χ3n) is 3.79. The first-order chi connectivity index (χ1) is 10.0. The molecule has 2 amide bonds. The second-order valence-electron chi connectivity index (χ2n) is 5.51. The summed E-state index contributed by atoms with van der Waals surface area (Å²) in [4.78, 5) is 15.4. The molecule has 0 bridgehead atoms. The number of anilines is 1. The van der Waals surface area contributed by atoms with Crippen LogP contribution in [0.2, 0.25) is 0 Å². The molecule has 1 unspecified atom stereocenters. The van der Waals surface area contributed by atoms with Crippen molar-refractivity contribution in [3.8, 4) is 0 Å². The average molecular weight is 295 g/mol. The van der Waals surface area contributed by atoms with Gasteiger partial charge in [-0.15, -0.1) is 0 Å². The first-order valence-corrected chi connectivity index (χ1v) is 7.14. The number of aliphatic hydroxyl groups is 1. The number of likely N-dealkylation sites (tertiary alicyclic amines) is 1. The molecular weight excluding hydrogens is 273 g/mol. The molecule has 116 valence electrons. The molecular formula is C15H22FN3O2. The lowest BCUT2D eigenvalue weighted by molar-refractivity contribution is 0.157. The zero-order valence-corrected chi connectivity index (χ0v) is 12.5. The minimum Gasteiger partial charge on any atom is -0.394 e. The van der Waals surface area contributed by atoms with Gasteiger partial charge in [0.2, 0.25) is 0 Å². The third kappa shape index (κ3) is 3.64. The van der Waals surface area contributed by atoms with Gasteiger partial charge in [-0.25, -0.2) is 9.18 Å². The Morgan fingerprint density at radius 3 is 2.90 bits per heavy atom. The molecule has 21 heavy (non-hydrogen) atoms. The Balaban J connectivity index is 1.94. The molecule has 0 aliphatic carbocycles. The highest BCUT2D eigenvalue weighted by molar-refractivity contribution is 5.74. The van der Waals surface area contributed by atoms with Crippen molar-refractivity contribution >= 4 is 11.7 Å². The second kappa shape index (κ2) is 6.76. The molecule has 0 spiro atoms. The van der Waals surface area contributed by atoms with Crippen LogP contribution in [0.3, 0.4) is 0 Å². The topological polar surface area (TPSA) is 55.8 Å². The SMILES string of the molecule is CN(C)c1ccc(CNC(=O)N2CCCC2CO)cc1F. The van der Waals surface area contributed by atoms with Crippen LogP contribution >= 0.6 is 0 Å². The van der Waals surface area contributed by atoms with Gasteiger partial charge in [0.15, 0.2) is 0 Å². The lowest BCUT2D eigenvalue weighted by atomic mass is 10.2. The van der Waals surface area contributed by atoms with Crippen molar-refractivity contribution in [3.05, 3.63) is 29.6 Å². The molecule has 1 saturated heterocycles. The number of aliphatic hydroxyl groups excluding tert-OH is 1. The highest BCUT2D eigenvalue weighted by Crippen LogP contribution is 2.19. The van der Waals surface area contributed by atoms with Crippen LogP contribution in [-0.4, -0.2) is 49.3 Å². The van der Waals surface area contributed by atoms with Crippen LogP contribution in [0.15, 0.2) is 18.2 Å². The zero-order valence-electron chi connectivity index (χ0n) is 12.5. The maximum Gasteiger partial charge on any atom is 0.317 e. The number of hydrogen-bond acceptors (Lipinski definition) is 3. The molecule has 0 radical (unpaired) electrons. The summed E-state index contributed by atoms with van der Waals surface area (Å²) in [5.41, 5.74) is 1.23. The van der Waals surface area contributed by atoms with Crippen LogP contribution in [-0.2, 0) is 6.54 Å². The van der Waals surface area contributed by atoms with Crippen LogP contribution in [0, 0.1) is 5.82 Å². The van der Waals surface area contributed by atoms with Crippen molar-refractivity contribution in [2.75, 3.05) is 32.1 Å². The fraction of sp³-hybridized carbons (Fsp3) is 0.533. The highest BCUT2D eigenvalue weighted by atomic mass is 19.1. The van der Waals surface area contributed by atoms with E-state index in [2.05, 4.69) is 5.32 Å². The van der Waals surface area contributed by atoms with E-state index < -0.39 is 0 Å². The van der Waals surface area contributed by atoms with E-state index in [0.29, 0.717) is 17.8 Å². The highest BCUT2D eigenvalue weighted by Gasteiger charge is 2.27. The fourth-order valence-corrected chi connectivity index (χ4v) is 2.60. The number of nitrogens with one attached hydrogen (secondary N) is 1. The van der Waals surface area contributed by atoms with Gasteiger partial charge in [0, 0.05) is 27.2 Å². The monoisotopic (exact) mass is 295 g/mol. The van der Waals surface area contributed by atoms with Gasteiger partial charge in [-0.2, -0.15) is 0 Å². The summed E-state index contributed by atoms with van der Waals surface area (Å²) in [6, 6.07) is 4.62. The molecule has 6 heteroatoms. The van der Waals surface area contributed by atoms with E-state index in [1.165, 1.54) is 6.07 Å². The number of nitrogens with zero attached hydrogens (tertiary/aromatic N) is 2. The fourth-order valence-electron chi connectivity index (χ4n) is 2.60. The Bertz CT molecular complexity index is 508. The van der Waals surface area contributed by atoms with Gasteiger partial charge in [-0.05, 0) is 30.5 Å². The van der Waals surface area contributed by atoms with Crippen molar-refractivity contribution in [2.45, 2.75) is 25.4 Å². The van der Waals surface area contributed by atoms with E-state index in [-0.39, 0.29) is 31.0 Å². The first kappa shape index (κ1) is 15.6. The normalized spacial score (nSPS) is 17.9. The average Bonchev–Trinajstić information content (AvgIpc) is 2.92. The Hall–Kier alpha value is -1.82. The van der Waals surface area contributed by atoms with Crippen LogP contribution in [0.5, 0.6) is 0 Å². The number of hydrogen-bond donors (Lipinski definition) is 2. The van der Waals surface area contributed by atoms with E-state index in [1.807, 2.05) is 0 Å². The third-order valence-corrected chi connectivity index (χ3v) is 3.79. The Morgan fingerprint density at radius 1 is 1.52 bits per heavy atom. The zero-order chi connectivity index (χ0) is 15.4. The van der Waals surface area contributed by atoms with Crippen LogP contribution in [0.1, 0.15) is 18.4 Å². The summed E-state index contributed by atoms with van der Waals surface area (Å²) in [5, 5.41) is 12.0. The quantitative estimate of drug-likeness (QED) is 0.886. The van der Waals surface area contributed by atoms with Crippen molar-refractivity contribution in [1.29, 1.82) is 0 Å². The summed E-state index contributed by atoms with van der Waals surface area (Å²) < 4.78 is 13.8. The molecule has 1 aromatic carbocycles. The summed E-state index contributed by atoms with van der Waals surface area (Å²) in [5.74, 6) is -0.304. The molecule has 2 rings (SSSR count). The van der Waals surface area contributed by atoms with Gasteiger partial charge < -0.3 is 20.2 Å². The summed E-state index contributed by atoms with van der Waals surface area (Å²) in [7, 11) is 3.56. The van der Waals surface area contributed by atoms with E-state index in [0.717, 1.165) is 12.8 Å². The Morgan fingerprint density at radius 2 is 2.29 bits per heavy atom. The maximum atomic E-state index is 13.8. The maximum absolute atomic E-state index is 13.8. The molecule has 1 heterocycles. The lowest BCUT2D eigenvalue weighted by Gasteiger charge is -2.23. The molecule has 2 N–H and O–H groups in total. The van der Waals surface area contributed by atoms with E-state index in [4.69, 9.17) is 0 Å². The number of halogens is 1. The van der Waals surface area contributed by atoms with E-state index in [1.54, 1.807) is 36.0 Å². The Kier molecular flexibility index (Phi) is 5.01. The summed E-state index contributed by atoms with van der Waals surface area (Å²) >= 11 is 0. The number of benzene rings is 1. The number of urea groups is 1. The first-order valence-electron chi connectivity index (χ1n) is 7.14. The summed E-state index contributed by atoms with van der Waals surface area (Å²) in [6.45, 7) is 0.919. The molecule has 5 nitrogen and oxygen atoms in total. The van der Waals surface area contributed by atoms with Gasteiger partial charge in [-0.1, -0.05) is 6.07 Å². The van der Waals surface area contributed by atoms with Crippen molar-refractivity contribution < 1.29 is 14.3 Å². The molecule has 0 saturated carbocycles. The number of rotatable bonds is 4. The van der Waals surface area contributed by atoms with Gasteiger partial charge >= 0.3 is 6.03 Å². The molecule has 1 atom stereocenters. The number of carbonyl (C=O) groups excluding carboxylic acids is 1. The standard InChI is InChI=1S/C15H22FN3O2/c1-18(2)14-6-5-11(8-13(14)16)9-17-15(21)19-7-3-4-12(19)10-20/h5-6,8,12,20H,3-4,7,9-10H2,1-2H3,(H,17,21). The molecule has 0 aromatic heterocycles. The number of amides is 2. The van der Waals surface area contributed by atoms with E-state index >= 15 is 0 Å². The minimum absolute atomic E-state index is 0.0143.